The Morgan fingerprint density at radius 1 is 1.08 bits per heavy atom. The van der Waals surface area contributed by atoms with E-state index < -0.39 is 0 Å². The van der Waals surface area contributed by atoms with Crippen LogP contribution in [0.5, 0.6) is 0 Å². The topological polar surface area (TPSA) is 86.6 Å². The average molecular weight is 322 g/mol. The summed E-state index contributed by atoms with van der Waals surface area (Å²) in [6.45, 7) is 2.96. The molecule has 1 aliphatic heterocycles. The third kappa shape index (κ3) is 2.04. The molecule has 0 bridgehead atoms. The van der Waals surface area contributed by atoms with Crippen LogP contribution < -0.4 is 9.47 Å². The molecule has 0 spiro atoms. The summed E-state index contributed by atoms with van der Waals surface area (Å²) >= 11 is 0. The molecule has 0 unspecified atom stereocenters. The number of imidazole rings is 2. The van der Waals surface area contributed by atoms with Gasteiger partial charge >= 0.3 is 5.95 Å². The average Bonchev–Trinajstić information content (AvgIpc) is 3.28. The first-order valence-electron chi connectivity index (χ1n) is 7.92. The molecule has 0 atom stereocenters. The number of para-hydroxylation sites is 2. The van der Waals surface area contributed by atoms with Crippen molar-refractivity contribution in [2.45, 2.75) is 0 Å². The molecule has 3 aromatic heterocycles. The Bertz CT molecular complexity index is 1020. The van der Waals surface area contributed by atoms with E-state index in [1.54, 1.807) is 6.33 Å². The number of aromatic amines is 2. The first-order chi connectivity index (χ1) is 11.9. The van der Waals surface area contributed by atoms with Crippen molar-refractivity contribution in [3.63, 3.8) is 0 Å². The second-order valence-corrected chi connectivity index (χ2v) is 5.71. The predicted molar refractivity (Wildman–Crippen MR) is 88.1 cm³/mol. The van der Waals surface area contributed by atoms with Crippen molar-refractivity contribution in [1.82, 2.24) is 24.9 Å². The first-order valence-corrected chi connectivity index (χ1v) is 7.92. The quantitative estimate of drug-likeness (QED) is 0.537. The number of H-pyrrole nitrogens is 2. The predicted octanol–water partition coefficient (Wildman–Crippen LogP) is 0.947. The lowest BCUT2D eigenvalue weighted by Gasteiger charge is -2.25. The number of rotatable bonds is 2. The van der Waals surface area contributed by atoms with Crippen molar-refractivity contribution in [3.8, 4) is 5.82 Å². The van der Waals surface area contributed by atoms with Crippen LogP contribution in [-0.2, 0) is 4.74 Å². The van der Waals surface area contributed by atoms with Crippen LogP contribution in [0.4, 0.5) is 5.95 Å². The molecule has 24 heavy (non-hydrogen) atoms. The van der Waals surface area contributed by atoms with E-state index in [1.165, 1.54) is 0 Å². The first kappa shape index (κ1) is 13.4. The maximum atomic E-state index is 5.42. The molecule has 8 heteroatoms. The number of nitrogens with zero attached hydrogens (tertiary/aromatic N) is 5. The second-order valence-electron chi connectivity index (χ2n) is 5.71. The summed E-state index contributed by atoms with van der Waals surface area (Å²) in [5, 5.41) is 0. The lowest BCUT2D eigenvalue weighted by atomic mass is 10.3. The van der Waals surface area contributed by atoms with Gasteiger partial charge < -0.3 is 14.6 Å². The van der Waals surface area contributed by atoms with Gasteiger partial charge in [0.25, 0.3) is 5.82 Å². The number of benzene rings is 1. The number of fused-ring (bicyclic) bond motifs is 2. The third-order valence-electron chi connectivity index (χ3n) is 4.29. The van der Waals surface area contributed by atoms with E-state index in [-0.39, 0.29) is 0 Å². The highest BCUT2D eigenvalue weighted by atomic mass is 16.5. The smallest absolute Gasteiger partial charge is 0.305 e. The van der Waals surface area contributed by atoms with E-state index in [9.17, 15) is 0 Å². The van der Waals surface area contributed by atoms with Gasteiger partial charge in [0.05, 0.1) is 19.5 Å². The monoisotopic (exact) mass is 322 g/mol. The van der Waals surface area contributed by atoms with Gasteiger partial charge in [0.2, 0.25) is 0 Å². The Balaban J connectivity index is 1.73. The maximum absolute atomic E-state index is 5.42. The Hall–Kier alpha value is -3.00. The van der Waals surface area contributed by atoms with Crippen LogP contribution in [0.15, 0.2) is 36.9 Å². The van der Waals surface area contributed by atoms with Crippen molar-refractivity contribution in [1.29, 1.82) is 0 Å². The number of aromatic nitrogens is 6. The number of morpholine rings is 1. The molecule has 5 rings (SSSR count). The summed E-state index contributed by atoms with van der Waals surface area (Å²) in [5.41, 5.74) is 3.60. The van der Waals surface area contributed by atoms with Crippen LogP contribution in [0.3, 0.4) is 0 Å². The third-order valence-corrected chi connectivity index (χ3v) is 4.29. The lowest BCUT2D eigenvalue weighted by molar-refractivity contribution is -0.569. The molecule has 0 saturated carbocycles. The van der Waals surface area contributed by atoms with Gasteiger partial charge in [0, 0.05) is 13.1 Å². The fraction of sp³-hybridized carbons (Fsp3) is 0.250. The summed E-state index contributed by atoms with van der Waals surface area (Å²) in [7, 11) is 0. The minimum atomic E-state index is 0.666. The molecular weight excluding hydrogens is 306 g/mol. The van der Waals surface area contributed by atoms with Crippen molar-refractivity contribution < 1.29 is 9.30 Å². The van der Waals surface area contributed by atoms with Crippen LogP contribution in [0.1, 0.15) is 0 Å². The number of ether oxygens (including phenoxy) is 1. The van der Waals surface area contributed by atoms with Crippen LogP contribution in [-0.4, -0.2) is 51.2 Å². The normalized spacial score (nSPS) is 15.4. The van der Waals surface area contributed by atoms with E-state index in [1.807, 2.05) is 29.1 Å². The Kier molecular flexibility index (Phi) is 2.95. The second kappa shape index (κ2) is 5.27. The molecule has 0 amide bonds. The minimum Gasteiger partial charge on any atom is -0.378 e. The summed E-state index contributed by atoms with van der Waals surface area (Å²) < 4.78 is 7.45. The van der Waals surface area contributed by atoms with E-state index in [0.717, 1.165) is 35.5 Å². The van der Waals surface area contributed by atoms with Gasteiger partial charge in [-0.3, -0.25) is 4.98 Å². The van der Waals surface area contributed by atoms with Gasteiger partial charge in [0.1, 0.15) is 11.0 Å². The van der Waals surface area contributed by atoms with Crippen LogP contribution >= 0.6 is 0 Å². The highest BCUT2D eigenvalue weighted by Crippen LogP contribution is 2.19. The zero-order valence-electron chi connectivity index (χ0n) is 12.9. The molecule has 4 heterocycles. The van der Waals surface area contributed by atoms with Crippen molar-refractivity contribution in [2.24, 2.45) is 0 Å². The largest absolute Gasteiger partial charge is 0.378 e. The summed E-state index contributed by atoms with van der Waals surface area (Å²) in [6.07, 6.45) is 3.57. The summed E-state index contributed by atoms with van der Waals surface area (Å²) in [4.78, 5) is 22.3. The fourth-order valence-corrected chi connectivity index (χ4v) is 3.07. The number of nitrogens with one attached hydrogen (secondary N) is 2. The number of hydrogen-bond acceptors (Lipinski definition) is 5. The lowest BCUT2D eigenvalue weighted by Crippen LogP contribution is -2.38. The molecule has 0 aliphatic carbocycles. The van der Waals surface area contributed by atoms with Gasteiger partial charge in [-0.2, -0.15) is 9.55 Å². The molecule has 0 radical (unpaired) electrons. The molecular formula is C16H16N7O+. The molecule has 8 nitrogen and oxygen atoms in total. The van der Waals surface area contributed by atoms with Crippen molar-refractivity contribution >= 4 is 28.1 Å². The van der Waals surface area contributed by atoms with Gasteiger partial charge in [0.15, 0.2) is 17.5 Å². The molecule has 2 N–H and O–H groups in total. The highest BCUT2D eigenvalue weighted by Gasteiger charge is 2.24. The zero-order chi connectivity index (χ0) is 15.9. The Morgan fingerprint density at radius 2 is 1.96 bits per heavy atom. The van der Waals surface area contributed by atoms with E-state index >= 15 is 0 Å². The molecule has 4 aromatic rings. The number of hydrogen-bond donors (Lipinski definition) is 2. The zero-order valence-corrected chi connectivity index (χ0v) is 12.9. The SMILES string of the molecule is c1ccc2c(c1)[nH]c[n+]2-c1nc(N2CCOCC2)nc2nc[nH]c12. The maximum Gasteiger partial charge on any atom is 0.305 e. The Morgan fingerprint density at radius 3 is 2.88 bits per heavy atom. The van der Waals surface area contributed by atoms with Crippen molar-refractivity contribution in [3.05, 3.63) is 36.9 Å². The van der Waals surface area contributed by atoms with E-state index in [2.05, 4.69) is 30.9 Å². The van der Waals surface area contributed by atoms with Crippen molar-refractivity contribution in [2.75, 3.05) is 31.2 Å². The number of anilines is 1. The van der Waals surface area contributed by atoms with Gasteiger partial charge in [-0.1, -0.05) is 17.1 Å². The summed E-state index contributed by atoms with van der Waals surface area (Å²) in [6, 6.07) is 8.12. The minimum absolute atomic E-state index is 0.666. The van der Waals surface area contributed by atoms with Crippen LogP contribution in [0.2, 0.25) is 0 Å². The standard InChI is InChI=1S/C16H15N7O/c1-2-4-12-11(3-1)19-10-23(12)15-13-14(18-9-17-13)20-16(21-15)22-5-7-24-8-6-22/h1-4,9-10H,5-8H2,(H,17,18,20,21)/p+1. The van der Waals surface area contributed by atoms with E-state index in [4.69, 9.17) is 9.72 Å². The molecule has 120 valence electrons. The molecule has 1 saturated heterocycles. The highest BCUT2D eigenvalue weighted by molar-refractivity contribution is 5.79. The summed E-state index contributed by atoms with van der Waals surface area (Å²) in [5.74, 6) is 1.47. The fourth-order valence-electron chi connectivity index (χ4n) is 3.07. The van der Waals surface area contributed by atoms with Gasteiger partial charge in [-0.15, -0.1) is 0 Å². The molecule has 1 fully saturated rings. The van der Waals surface area contributed by atoms with E-state index in [0.29, 0.717) is 24.8 Å². The molecule has 1 aromatic carbocycles. The molecule has 1 aliphatic rings. The van der Waals surface area contributed by atoms with Crippen LogP contribution in [0.25, 0.3) is 28.0 Å². The Labute approximate surface area is 137 Å². The van der Waals surface area contributed by atoms with Gasteiger partial charge in [-0.05, 0) is 12.1 Å². The van der Waals surface area contributed by atoms with Crippen LogP contribution in [0, 0.1) is 0 Å². The van der Waals surface area contributed by atoms with Gasteiger partial charge in [-0.25, -0.2) is 4.98 Å².